The summed E-state index contributed by atoms with van der Waals surface area (Å²) in [5.41, 5.74) is 19.9. The number of allylic oxidation sites excluding steroid dienone is 10. The maximum Gasteiger partial charge on any atom is 0.192 e. The Morgan fingerprint density at radius 3 is 0.825 bits per heavy atom. The van der Waals surface area contributed by atoms with Gasteiger partial charge in [-0.05, 0) is 147 Å². The monoisotopic (exact) mass is 1620 g/mol. The lowest BCUT2D eigenvalue weighted by atomic mass is 9.97. The number of Topliss-reactive ketones (excluding diaryl/α,β-unsaturated/α-hetero) is 1. The van der Waals surface area contributed by atoms with Crippen molar-refractivity contribution in [3.8, 4) is 0 Å². The predicted molar refractivity (Wildman–Crippen MR) is 555 cm³/mol. The van der Waals surface area contributed by atoms with Crippen LogP contribution in [-0.4, -0.2) is 95.5 Å². The molecule has 0 unspecified atom stereocenters. The lowest BCUT2D eigenvalue weighted by Crippen LogP contribution is -2.36. The van der Waals surface area contributed by atoms with Crippen LogP contribution in [0.2, 0.25) is 0 Å². The molecule has 0 aromatic heterocycles. The second-order valence-corrected chi connectivity index (χ2v) is 17.5. The van der Waals surface area contributed by atoms with E-state index in [0.29, 0.717) is 6.42 Å². The molecule has 13 heteroatoms. The van der Waals surface area contributed by atoms with E-state index in [9.17, 15) is 4.79 Å². The van der Waals surface area contributed by atoms with Crippen LogP contribution in [-0.2, 0) is 9.53 Å². The normalized spacial score (nSPS) is 13.6. The smallest absolute Gasteiger partial charge is 0.192 e. The lowest BCUT2D eigenvalue weighted by molar-refractivity contribution is -0.112. The zero-order chi connectivity index (χ0) is 94.8. The number of carbonyl (C=O) groups is 1. The fourth-order valence-electron chi connectivity index (χ4n) is 6.61. The summed E-state index contributed by atoms with van der Waals surface area (Å²) in [6.45, 7) is 121. The summed E-state index contributed by atoms with van der Waals surface area (Å²) >= 11 is 0. The molecule has 0 saturated heterocycles. The molecule has 694 valence electrons. The first-order valence-electron chi connectivity index (χ1n) is 47.9. The molecule has 0 atom stereocenters. The van der Waals surface area contributed by atoms with E-state index in [0.717, 1.165) is 108 Å². The Kier molecular flexibility index (Phi) is 340. The average molecular weight is 1620 g/mol. The maximum absolute atomic E-state index is 10.3. The molecule has 2 fully saturated rings. The predicted octanol–water partition coefficient (Wildman–Crippen LogP) is 35.0. The third-order valence-corrected chi connectivity index (χ3v) is 10.7. The van der Waals surface area contributed by atoms with E-state index < -0.39 is 0 Å². The zero-order valence-electron chi connectivity index (χ0n) is 87.2. The van der Waals surface area contributed by atoms with Crippen LogP contribution in [0.5, 0.6) is 0 Å². The average Bonchev–Trinajstić information content (AvgIpc) is 1.79. The highest BCUT2D eigenvalue weighted by atomic mass is 16.5. The van der Waals surface area contributed by atoms with Crippen LogP contribution in [0.25, 0.3) is 0 Å². The number of nitrogens with one attached hydrogen (secondary N) is 4. The number of hydrazone groups is 2. The van der Waals surface area contributed by atoms with Gasteiger partial charge in [0.25, 0.3) is 0 Å². The van der Waals surface area contributed by atoms with Crippen LogP contribution in [0.3, 0.4) is 0 Å². The number of ketones is 1. The minimum Gasteiger partial charge on any atom is -0.480 e. The number of carbonyl (C=O) groups excluding carboxylic acids is 1. The molecule has 0 amide bonds. The fraction of sp³-hybridized carbons (Fsp3) is 0.743. The molecular weight excluding hydrogens is 1400 g/mol. The van der Waals surface area contributed by atoms with Gasteiger partial charge in [0.05, 0.1) is 25.6 Å². The molecule has 11 aliphatic rings. The molecule has 0 aromatic carbocycles. The summed E-state index contributed by atoms with van der Waals surface area (Å²) in [4.78, 5) is 29.8. The first-order chi connectivity index (χ1) is 56.2. The molecule has 0 aromatic rings. The van der Waals surface area contributed by atoms with E-state index in [-0.39, 0.29) is 5.78 Å². The molecule has 11 rings (SSSR count). The van der Waals surface area contributed by atoms with E-state index >= 15 is 0 Å². The minimum absolute atomic E-state index is 0.172. The topological polar surface area (TPSA) is 161 Å². The summed E-state index contributed by atoms with van der Waals surface area (Å²) in [5, 5.41) is 7.38. The third-order valence-electron chi connectivity index (χ3n) is 10.7. The van der Waals surface area contributed by atoms with Gasteiger partial charge in [0.2, 0.25) is 0 Å². The van der Waals surface area contributed by atoms with Gasteiger partial charge in [-0.1, -0.05) is 404 Å². The Bertz CT molecular complexity index is 1600. The summed E-state index contributed by atoms with van der Waals surface area (Å²) in [6, 6.07) is 0. The van der Waals surface area contributed by atoms with E-state index in [1.54, 1.807) is 6.34 Å². The molecule has 0 bridgehead atoms. The number of hydrazine groups is 1. The van der Waals surface area contributed by atoms with Crippen molar-refractivity contribution in [1.82, 2.24) is 21.7 Å². The summed E-state index contributed by atoms with van der Waals surface area (Å²) in [6.07, 6.45) is 49.6. The highest BCUT2D eigenvalue weighted by molar-refractivity contribution is 6.27. The molecule has 7 heterocycles. The van der Waals surface area contributed by atoms with Crippen LogP contribution in [0.15, 0.2) is 145 Å². The Hall–Kier alpha value is -5.82. The van der Waals surface area contributed by atoms with Gasteiger partial charge in [0, 0.05) is 68.9 Å². The van der Waals surface area contributed by atoms with Crippen molar-refractivity contribution in [2.24, 2.45) is 35.2 Å². The molecule has 13 nitrogen and oxygen atoms in total. The summed E-state index contributed by atoms with van der Waals surface area (Å²) in [5.74, 6) is 0.172. The van der Waals surface area contributed by atoms with Crippen LogP contribution in [0.1, 0.15) is 459 Å². The van der Waals surface area contributed by atoms with Gasteiger partial charge in [0.15, 0.2) is 12.2 Å². The van der Waals surface area contributed by atoms with Gasteiger partial charge in [-0.3, -0.25) is 29.8 Å². The Balaban J connectivity index is -0.0000000390. The van der Waals surface area contributed by atoms with E-state index in [4.69, 9.17) is 4.74 Å². The van der Waals surface area contributed by atoms with Gasteiger partial charge >= 0.3 is 0 Å². The summed E-state index contributed by atoms with van der Waals surface area (Å²) in [7, 11) is 0. The Morgan fingerprint density at radius 2 is 0.702 bits per heavy atom. The molecular formula is C101H223N11O2. The SMILES string of the molecule is C1=NCCNN1.C1=NNCCC1.C1=NNCCO1.C=C1C=CCC1.C=C1C=CCCC1.C=C1C=NCC1.C=C1CCC=N1.C=C1CCCC1.C=C1CCCC=N1.C=C1CCCCC1.CC.CC.CC.CC.CC.CC.CC.CC.CC.CC.CC.CC.CC.CC.CC.CC.CC.CC.CC.CC.CC.CC.O=C1C=NCCC1. The molecule has 0 spiro atoms. The molecule has 4 N–H and O–H groups in total. The first-order valence-corrected chi connectivity index (χ1v) is 47.9. The van der Waals surface area contributed by atoms with Crippen molar-refractivity contribution in [3.63, 3.8) is 0 Å². The number of ether oxygens (including phenoxy) is 1. The highest BCUT2D eigenvalue weighted by Crippen LogP contribution is 2.21. The van der Waals surface area contributed by atoms with Crippen LogP contribution >= 0.6 is 0 Å². The molecule has 7 aliphatic heterocycles. The second kappa shape index (κ2) is 232. The van der Waals surface area contributed by atoms with Crippen LogP contribution in [0, 0.1) is 0 Å². The van der Waals surface area contributed by atoms with Gasteiger partial charge in [-0.15, -0.1) is 5.10 Å². The van der Waals surface area contributed by atoms with Crippen LogP contribution < -0.4 is 21.7 Å². The molecule has 0 radical (unpaired) electrons. The van der Waals surface area contributed by atoms with Crippen molar-refractivity contribution in [3.05, 3.63) is 110 Å². The van der Waals surface area contributed by atoms with Crippen molar-refractivity contribution in [1.29, 1.82) is 0 Å². The van der Waals surface area contributed by atoms with Crippen molar-refractivity contribution >= 4 is 49.6 Å². The largest absolute Gasteiger partial charge is 0.480 e. The standard InChI is InChI=1S/C7H12.C7H10.C6H9N.C6H10.C6H8.C5H7NO.2C5H7N.C4H8N2.C3H7N3.C3H6N2O.22C2H6/c2*1-7-5-3-2-4-6-7;1-6-4-2-3-5-7-6;2*1-6-4-2-3-5-6;7-5-2-1-3-6-4-5;1-5-2-3-6-4-5;1-5-3-2-4-6-5;1-2-4-6-5-3-1;1-2-5-6-3-4-1;1-2-6-3-5-4-1;22*1-2/h1-6H2;3,5H,1-2,4,6H2;5H,1-4H2;1-5H2;2,4H,1,3,5H2;4H,1-3H2;2*4H,1-3H2;3,6H,1-2,4H2;3,5H,1-2H2,(H,4,6);3-4H,1-2H2;22*1-2H3. The number of hydrogen-bond acceptors (Lipinski definition) is 13. The number of rotatable bonds is 0. The van der Waals surface area contributed by atoms with Gasteiger partial charge in [-0.25, -0.2) is 5.43 Å². The highest BCUT2D eigenvalue weighted by Gasteiger charge is 2.03. The van der Waals surface area contributed by atoms with Gasteiger partial charge < -0.3 is 21.0 Å². The summed E-state index contributed by atoms with van der Waals surface area (Å²) < 4.78 is 4.72. The Morgan fingerprint density at radius 1 is 0.307 bits per heavy atom. The number of hydrogen-bond donors (Lipinski definition) is 4. The minimum atomic E-state index is 0.172. The quantitative estimate of drug-likeness (QED) is 0.177. The molecule has 2 saturated carbocycles. The lowest BCUT2D eigenvalue weighted by Gasteiger charge is -2.10. The maximum atomic E-state index is 10.3. The van der Waals surface area contributed by atoms with E-state index in [2.05, 4.69) is 127 Å². The molecule has 114 heavy (non-hydrogen) atoms. The van der Waals surface area contributed by atoms with E-state index in [1.165, 1.54) is 138 Å². The van der Waals surface area contributed by atoms with Crippen molar-refractivity contribution < 1.29 is 9.53 Å². The van der Waals surface area contributed by atoms with Gasteiger partial charge in [-0.2, -0.15) is 5.10 Å². The van der Waals surface area contributed by atoms with E-state index in [1.807, 2.05) is 330 Å². The number of nitrogens with zero attached hydrogens (tertiary/aromatic N) is 7. The number of aliphatic imine (C=N–C) groups is 5. The Labute approximate surface area is 726 Å². The zero-order valence-corrected chi connectivity index (χ0v) is 87.2. The van der Waals surface area contributed by atoms with Crippen LogP contribution in [0.4, 0.5) is 0 Å². The first kappa shape index (κ1) is 167. The van der Waals surface area contributed by atoms with Gasteiger partial charge in [0.1, 0.15) is 6.61 Å². The second-order valence-electron chi connectivity index (χ2n) is 17.5. The van der Waals surface area contributed by atoms with Crippen molar-refractivity contribution in [2.75, 3.05) is 45.9 Å². The third kappa shape index (κ3) is 225. The molecule has 4 aliphatic carbocycles. The van der Waals surface area contributed by atoms with Crippen molar-refractivity contribution in [2.45, 2.75) is 459 Å². The fourth-order valence-corrected chi connectivity index (χ4v) is 6.61.